The second-order valence-corrected chi connectivity index (χ2v) is 2.74. The highest BCUT2D eigenvalue weighted by Gasteiger charge is 2.21. The van der Waals surface area contributed by atoms with Gasteiger partial charge in [-0.15, -0.1) is 0 Å². The number of aromatic nitrogens is 2. The minimum absolute atomic E-state index is 0.187. The van der Waals surface area contributed by atoms with E-state index in [4.69, 9.17) is 5.73 Å². The Bertz CT molecular complexity index is 434. The first-order chi connectivity index (χ1) is 6.20. The highest BCUT2D eigenvalue weighted by molar-refractivity contribution is 6.14. The van der Waals surface area contributed by atoms with Crippen molar-refractivity contribution in [2.75, 3.05) is 0 Å². The summed E-state index contributed by atoms with van der Waals surface area (Å²) in [6.45, 7) is 3.74. The summed E-state index contributed by atoms with van der Waals surface area (Å²) >= 11 is 0. The first-order valence-corrected chi connectivity index (χ1v) is 3.71. The molecule has 4 nitrogen and oxygen atoms in total. The summed E-state index contributed by atoms with van der Waals surface area (Å²) < 4.78 is 0. The summed E-state index contributed by atoms with van der Waals surface area (Å²) in [5, 5.41) is 0. The molecule has 0 atom stereocenters. The molecular weight excluding hydrogens is 166 g/mol. The van der Waals surface area contributed by atoms with E-state index in [2.05, 4.69) is 16.5 Å². The van der Waals surface area contributed by atoms with E-state index in [-0.39, 0.29) is 11.5 Å². The Labute approximate surface area is 74.8 Å². The van der Waals surface area contributed by atoms with Crippen LogP contribution in [0.2, 0.25) is 0 Å². The molecule has 4 heteroatoms. The Hall–Kier alpha value is -1.97. The zero-order valence-electron chi connectivity index (χ0n) is 6.82. The molecule has 2 rings (SSSR count). The molecule has 1 heterocycles. The molecule has 13 heavy (non-hydrogen) atoms. The number of Topliss-reactive ketones (excluding diaryl/α,β-unsaturated/α-hetero) is 1. The highest BCUT2D eigenvalue weighted by Crippen LogP contribution is 2.23. The van der Waals surface area contributed by atoms with Crippen LogP contribution in [0.3, 0.4) is 0 Å². The second-order valence-electron chi connectivity index (χ2n) is 2.74. The van der Waals surface area contributed by atoms with Crippen LogP contribution < -0.4 is 5.73 Å². The van der Waals surface area contributed by atoms with Crippen molar-refractivity contribution in [1.29, 1.82) is 0 Å². The molecule has 0 radical (unpaired) electrons. The summed E-state index contributed by atoms with van der Waals surface area (Å²) in [4.78, 5) is 19.2. The van der Waals surface area contributed by atoms with E-state index in [0.717, 1.165) is 0 Å². The Balaban J connectivity index is 2.69. The molecule has 0 unspecified atom stereocenters. The molecule has 0 saturated heterocycles. The van der Waals surface area contributed by atoms with Crippen molar-refractivity contribution >= 4 is 11.4 Å². The molecule has 1 aromatic heterocycles. The lowest BCUT2D eigenvalue weighted by Gasteiger charge is -2.12. The van der Waals surface area contributed by atoms with Gasteiger partial charge in [0.2, 0.25) is 5.78 Å². The predicted octanol–water partition coefficient (Wildman–Crippen LogP) is 0.529. The van der Waals surface area contributed by atoms with E-state index >= 15 is 0 Å². The number of rotatable bonds is 0. The van der Waals surface area contributed by atoms with Crippen molar-refractivity contribution in [2.24, 2.45) is 5.73 Å². The van der Waals surface area contributed by atoms with Gasteiger partial charge in [-0.05, 0) is 11.6 Å². The fraction of sp³-hybridized carbons (Fsp3) is 0. The van der Waals surface area contributed by atoms with E-state index < -0.39 is 0 Å². The first kappa shape index (κ1) is 7.67. The molecule has 1 aliphatic rings. The monoisotopic (exact) mass is 173 g/mol. The number of hydrogen-bond acceptors (Lipinski definition) is 4. The number of carbonyl (C=O) groups is 1. The third-order valence-electron chi connectivity index (χ3n) is 1.85. The standard InChI is InChI=1S/C9H7N3O/c1-5-2-7(10)9(13)6-3-11-4-12-8(5)6/h2-4H,1,10H2. The number of nitrogens with zero attached hydrogens (tertiary/aromatic N) is 2. The Morgan fingerprint density at radius 3 is 3.00 bits per heavy atom. The van der Waals surface area contributed by atoms with E-state index in [9.17, 15) is 4.79 Å². The molecule has 0 saturated carbocycles. The van der Waals surface area contributed by atoms with Gasteiger partial charge in [-0.3, -0.25) is 4.79 Å². The Kier molecular flexibility index (Phi) is 1.48. The van der Waals surface area contributed by atoms with Crippen molar-refractivity contribution in [2.45, 2.75) is 0 Å². The maximum Gasteiger partial charge on any atom is 0.212 e. The van der Waals surface area contributed by atoms with Crippen LogP contribution in [0.5, 0.6) is 0 Å². The number of fused-ring (bicyclic) bond motifs is 1. The van der Waals surface area contributed by atoms with Crippen LogP contribution in [0.1, 0.15) is 16.1 Å². The van der Waals surface area contributed by atoms with Crippen LogP contribution in [0.15, 0.2) is 30.9 Å². The van der Waals surface area contributed by atoms with Crippen LogP contribution in [-0.2, 0) is 0 Å². The number of nitrogens with two attached hydrogens (primary N) is 1. The van der Waals surface area contributed by atoms with Gasteiger partial charge in [0.15, 0.2) is 0 Å². The van der Waals surface area contributed by atoms with Gasteiger partial charge in [0.25, 0.3) is 0 Å². The molecule has 2 N–H and O–H groups in total. The zero-order valence-corrected chi connectivity index (χ0v) is 6.82. The molecule has 0 fully saturated rings. The highest BCUT2D eigenvalue weighted by atomic mass is 16.1. The van der Waals surface area contributed by atoms with E-state index in [1.807, 2.05) is 0 Å². The number of ketones is 1. The molecule has 64 valence electrons. The van der Waals surface area contributed by atoms with Crippen molar-refractivity contribution in [3.63, 3.8) is 0 Å². The summed E-state index contributed by atoms with van der Waals surface area (Å²) in [5.74, 6) is -0.233. The fourth-order valence-electron chi connectivity index (χ4n) is 1.23. The summed E-state index contributed by atoms with van der Waals surface area (Å²) in [7, 11) is 0. The molecule has 0 amide bonds. The Morgan fingerprint density at radius 1 is 1.46 bits per heavy atom. The molecule has 1 aliphatic carbocycles. The lowest BCUT2D eigenvalue weighted by atomic mass is 9.97. The van der Waals surface area contributed by atoms with Gasteiger partial charge >= 0.3 is 0 Å². The number of allylic oxidation sites excluding steroid dienone is 3. The lowest BCUT2D eigenvalue weighted by molar-refractivity contribution is 0.103. The third-order valence-corrected chi connectivity index (χ3v) is 1.85. The van der Waals surface area contributed by atoms with Gasteiger partial charge in [-0.2, -0.15) is 0 Å². The Morgan fingerprint density at radius 2 is 2.23 bits per heavy atom. The van der Waals surface area contributed by atoms with Crippen LogP contribution in [-0.4, -0.2) is 15.8 Å². The van der Waals surface area contributed by atoms with Gasteiger partial charge in [-0.25, -0.2) is 9.97 Å². The van der Waals surface area contributed by atoms with Crippen molar-refractivity contribution in [1.82, 2.24) is 9.97 Å². The molecule has 0 bridgehead atoms. The van der Waals surface area contributed by atoms with E-state index in [0.29, 0.717) is 16.8 Å². The first-order valence-electron chi connectivity index (χ1n) is 3.71. The normalized spacial score (nSPS) is 15.2. The maximum absolute atomic E-state index is 11.4. The summed E-state index contributed by atoms with van der Waals surface area (Å²) in [6, 6.07) is 0. The number of carbonyl (C=O) groups excluding carboxylic acids is 1. The van der Waals surface area contributed by atoms with Crippen LogP contribution in [0.25, 0.3) is 5.57 Å². The number of hydrogen-bond donors (Lipinski definition) is 1. The molecule has 1 aromatic rings. The predicted molar refractivity (Wildman–Crippen MR) is 47.7 cm³/mol. The van der Waals surface area contributed by atoms with Crippen LogP contribution in [0.4, 0.5) is 0 Å². The van der Waals surface area contributed by atoms with Gasteiger partial charge in [0.05, 0.1) is 17.0 Å². The van der Waals surface area contributed by atoms with Crippen LogP contribution in [0, 0.1) is 0 Å². The average Bonchev–Trinajstić information content (AvgIpc) is 2.15. The minimum atomic E-state index is -0.233. The lowest BCUT2D eigenvalue weighted by Crippen LogP contribution is -2.18. The summed E-state index contributed by atoms with van der Waals surface area (Å²) in [5.41, 5.74) is 7.30. The quantitative estimate of drug-likeness (QED) is 0.621. The zero-order chi connectivity index (χ0) is 9.42. The summed E-state index contributed by atoms with van der Waals surface area (Å²) in [6.07, 6.45) is 4.36. The van der Waals surface area contributed by atoms with Crippen LogP contribution >= 0.6 is 0 Å². The smallest absolute Gasteiger partial charge is 0.212 e. The van der Waals surface area contributed by atoms with Crippen molar-refractivity contribution < 1.29 is 4.79 Å². The third kappa shape index (κ3) is 1.03. The maximum atomic E-state index is 11.4. The topological polar surface area (TPSA) is 68.9 Å². The van der Waals surface area contributed by atoms with E-state index in [1.54, 1.807) is 0 Å². The van der Waals surface area contributed by atoms with Gasteiger partial charge < -0.3 is 5.73 Å². The second kappa shape index (κ2) is 2.52. The fourth-order valence-corrected chi connectivity index (χ4v) is 1.23. The van der Waals surface area contributed by atoms with Gasteiger partial charge in [0, 0.05) is 6.20 Å². The average molecular weight is 173 g/mol. The SMILES string of the molecule is C=C1C=C(N)C(=O)c2cncnc21. The van der Waals surface area contributed by atoms with Gasteiger partial charge in [-0.1, -0.05) is 6.58 Å². The van der Waals surface area contributed by atoms with Gasteiger partial charge in [0.1, 0.15) is 6.33 Å². The van der Waals surface area contributed by atoms with Crippen molar-refractivity contribution in [3.8, 4) is 0 Å². The van der Waals surface area contributed by atoms with Crippen molar-refractivity contribution in [3.05, 3.63) is 42.1 Å². The molecule has 0 aromatic carbocycles. The largest absolute Gasteiger partial charge is 0.396 e. The molecule has 0 aliphatic heterocycles. The minimum Gasteiger partial charge on any atom is -0.396 e. The van der Waals surface area contributed by atoms with E-state index in [1.165, 1.54) is 18.6 Å². The molecule has 0 spiro atoms. The molecular formula is C9H7N3O.